The Morgan fingerprint density at radius 1 is 1.31 bits per heavy atom. The van der Waals surface area contributed by atoms with Crippen LogP contribution in [-0.2, 0) is 13.0 Å². The van der Waals surface area contributed by atoms with E-state index < -0.39 is 0 Å². The van der Waals surface area contributed by atoms with Crippen molar-refractivity contribution in [2.75, 3.05) is 0 Å². The molecule has 2 rings (SSSR count). The van der Waals surface area contributed by atoms with Crippen LogP contribution >= 0.6 is 0 Å². The van der Waals surface area contributed by atoms with Gasteiger partial charge in [-0.15, -0.1) is 0 Å². The Kier molecular flexibility index (Phi) is 3.01. The maximum absolute atomic E-state index is 8.83. The molecule has 0 aliphatic rings. The highest BCUT2D eigenvalue weighted by molar-refractivity contribution is 5.32. The number of aryl methyl sites for hydroxylation is 2. The third-order valence-electron chi connectivity index (χ3n) is 2.50. The van der Waals surface area contributed by atoms with Crippen LogP contribution in [0.2, 0.25) is 0 Å². The maximum Gasteiger partial charge on any atom is 0.231 e. The lowest BCUT2D eigenvalue weighted by Gasteiger charge is -2.03. The lowest BCUT2D eigenvalue weighted by Crippen LogP contribution is -1.93. The van der Waals surface area contributed by atoms with E-state index in [-0.39, 0.29) is 6.61 Å². The largest absolute Gasteiger partial charge is 0.388 e. The van der Waals surface area contributed by atoms with Crippen LogP contribution in [-0.4, -0.2) is 15.2 Å². The summed E-state index contributed by atoms with van der Waals surface area (Å²) in [5.41, 5.74) is 3.59. The van der Waals surface area contributed by atoms with Gasteiger partial charge in [-0.1, -0.05) is 28.9 Å². The first-order valence-corrected chi connectivity index (χ1v) is 5.17. The summed E-state index contributed by atoms with van der Waals surface area (Å²) in [5.74, 6) is 0.873. The highest BCUT2D eigenvalue weighted by atomic mass is 16.5. The summed E-state index contributed by atoms with van der Waals surface area (Å²) in [6.07, 6.45) is 0.612. The minimum absolute atomic E-state index is 0.184. The fourth-order valence-electron chi connectivity index (χ4n) is 1.58. The molecular weight excluding hydrogens is 204 g/mol. The molecule has 0 saturated carbocycles. The van der Waals surface area contributed by atoms with Crippen LogP contribution < -0.4 is 0 Å². The minimum atomic E-state index is -0.184. The molecule has 2 aromatic rings. The van der Waals surface area contributed by atoms with Gasteiger partial charge in [0.1, 0.15) is 6.61 Å². The lowest BCUT2D eigenvalue weighted by molar-refractivity contribution is 0.263. The van der Waals surface area contributed by atoms with Gasteiger partial charge in [0.25, 0.3) is 0 Å². The van der Waals surface area contributed by atoms with E-state index >= 15 is 0 Å². The van der Waals surface area contributed by atoms with Crippen molar-refractivity contribution in [3.05, 3.63) is 46.6 Å². The Morgan fingerprint density at radius 2 is 2.12 bits per heavy atom. The lowest BCUT2D eigenvalue weighted by atomic mass is 10.0. The van der Waals surface area contributed by atoms with Crippen LogP contribution in [0.5, 0.6) is 0 Å². The van der Waals surface area contributed by atoms with E-state index in [0.29, 0.717) is 18.1 Å². The normalized spacial score (nSPS) is 10.7. The van der Waals surface area contributed by atoms with E-state index in [1.807, 2.05) is 0 Å². The second-order valence-corrected chi connectivity index (χ2v) is 3.87. The second-order valence-electron chi connectivity index (χ2n) is 3.87. The minimum Gasteiger partial charge on any atom is -0.388 e. The molecule has 0 fully saturated rings. The Balaban J connectivity index is 2.22. The first kappa shape index (κ1) is 10.8. The average Bonchev–Trinajstić information content (AvgIpc) is 2.71. The van der Waals surface area contributed by atoms with Gasteiger partial charge in [0, 0.05) is 0 Å². The zero-order chi connectivity index (χ0) is 11.5. The molecule has 0 atom stereocenters. The van der Waals surface area contributed by atoms with Crippen LogP contribution in [0.3, 0.4) is 0 Å². The number of hydrogen-bond donors (Lipinski definition) is 1. The number of hydrogen-bond acceptors (Lipinski definition) is 4. The predicted molar refractivity (Wildman–Crippen MR) is 58.9 cm³/mol. The molecule has 4 nitrogen and oxygen atoms in total. The van der Waals surface area contributed by atoms with Gasteiger partial charge >= 0.3 is 0 Å². The van der Waals surface area contributed by atoms with Gasteiger partial charge in [0.2, 0.25) is 5.89 Å². The van der Waals surface area contributed by atoms with E-state index in [1.165, 1.54) is 16.7 Å². The van der Waals surface area contributed by atoms with Gasteiger partial charge in [-0.05, 0) is 25.0 Å². The van der Waals surface area contributed by atoms with Gasteiger partial charge in [0.15, 0.2) is 5.82 Å². The third kappa shape index (κ3) is 2.28. The summed E-state index contributed by atoms with van der Waals surface area (Å²) in [5, 5.41) is 12.5. The van der Waals surface area contributed by atoms with Gasteiger partial charge in [-0.2, -0.15) is 4.98 Å². The van der Waals surface area contributed by atoms with Gasteiger partial charge in [-0.3, -0.25) is 0 Å². The van der Waals surface area contributed by atoms with Gasteiger partial charge in [-0.25, -0.2) is 0 Å². The van der Waals surface area contributed by atoms with E-state index in [0.717, 1.165) is 0 Å². The SMILES string of the molecule is Cc1ccc(C)c(Cc2nc(CO)no2)c1. The molecule has 0 aliphatic carbocycles. The summed E-state index contributed by atoms with van der Waals surface area (Å²) in [6.45, 7) is 3.92. The van der Waals surface area contributed by atoms with E-state index in [2.05, 4.69) is 42.2 Å². The van der Waals surface area contributed by atoms with Crippen LogP contribution in [0.25, 0.3) is 0 Å². The molecular formula is C12H14N2O2. The summed E-state index contributed by atoms with van der Waals surface area (Å²) < 4.78 is 5.03. The molecule has 0 radical (unpaired) electrons. The van der Waals surface area contributed by atoms with Gasteiger partial charge < -0.3 is 9.63 Å². The number of nitrogens with zero attached hydrogens (tertiary/aromatic N) is 2. The van der Waals surface area contributed by atoms with Crippen LogP contribution in [0.1, 0.15) is 28.4 Å². The van der Waals surface area contributed by atoms with Crippen molar-refractivity contribution in [2.45, 2.75) is 26.9 Å². The number of aliphatic hydroxyl groups is 1. The average molecular weight is 218 g/mol. The summed E-state index contributed by atoms with van der Waals surface area (Å²) in [4.78, 5) is 4.07. The van der Waals surface area contributed by atoms with Crippen molar-refractivity contribution < 1.29 is 9.63 Å². The van der Waals surface area contributed by atoms with E-state index in [1.54, 1.807) is 0 Å². The van der Waals surface area contributed by atoms with Crippen LogP contribution in [0.4, 0.5) is 0 Å². The molecule has 1 aromatic carbocycles. The predicted octanol–water partition coefficient (Wildman–Crippen LogP) is 1.77. The maximum atomic E-state index is 8.83. The van der Waals surface area contributed by atoms with Crippen LogP contribution in [0.15, 0.2) is 22.7 Å². The van der Waals surface area contributed by atoms with Crippen molar-refractivity contribution in [1.82, 2.24) is 10.1 Å². The summed E-state index contributed by atoms with van der Waals surface area (Å²) in [7, 11) is 0. The van der Waals surface area contributed by atoms with E-state index in [4.69, 9.17) is 9.63 Å². The molecule has 16 heavy (non-hydrogen) atoms. The molecule has 0 amide bonds. The molecule has 0 spiro atoms. The van der Waals surface area contributed by atoms with Gasteiger partial charge in [0.05, 0.1) is 6.42 Å². The molecule has 0 saturated heterocycles. The first-order chi connectivity index (χ1) is 7.69. The first-order valence-electron chi connectivity index (χ1n) is 5.17. The van der Waals surface area contributed by atoms with Crippen molar-refractivity contribution in [3.8, 4) is 0 Å². The highest BCUT2D eigenvalue weighted by Gasteiger charge is 2.08. The fraction of sp³-hybridized carbons (Fsp3) is 0.333. The number of benzene rings is 1. The van der Waals surface area contributed by atoms with Crippen molar-refractivity contribution in [2.24, 2.45) is 0 Å². The van der Waals surface area contributed by atoms with Crippen LogP contribution in [0, 0.1) is 13.8 Å². The topological polar surface area (TPSA) is 59.2 Å². The molecule has 1 N–H and O–H groups in total. The Morgan fingerprint density at radius 3 is 2.81 bits per heavy atom. The van der Waals surface area contributed by atoms with Crippen molar-refractivity contribution in [1.29, 1.82) is 0 Å². The molecule has 0 aliphatic heterocycles. The fourth-order valence-corrected chi connectivity index (χ4v) is 1.58. The molecule has 1 heterocycles. The smallest absolute Gasteiger partial charge is 0.231 e. The molecule has 4 heteroatoms. The van der Waals surface area contributed by atoms with Crippen molar-refractivity contribution in [3.63, 3.8) is 0 Å². The summed E-state index contributed by atoms with van der Waals surface area (Å²) >= 11 is 0. The standard InChI is InChI=1S/C12H14N2O2/c1-8-3-4-9(2)10(5-8)6-12-13-11(7-15)14-16-12/h3-5,15H,6-7H2,1-2H3. The molecule has 1 aromatic heterocycles. The third-order valence-corrected chi connectivity index (χ3v) is 2.50. The molecule has 0 bridgehead atoms. The monoisotopic (exact) mass is 218 g/mol. The Hall–Kier alpha value is -1.68. The van der Waals surface area contributed by atoms with Crippen molar-refractivity contribution >= 4 is 0 Å². The molecule has 84 valence electrons. The zero-order valence-electron chi connectivity index (χ0n) is 9.40. The Bertz CT molecular complexity index is 492. The van der Waals surface area contributed by atoms with E-state index in [9.17, 15) is 0 Å². The molecule has 0 unspecified atom stereocenters. The highest BCUT2D eigenvalue weighted by Crippen LogP contribution is 2.14. The quantitative estimate of drug-likeness (QED) is 0.853. The zero-order valence-corrected chi connectivity index (χ0v) is 9.40. The number of rotatable bonds is 3. The Labute approximate surface area is 93.9 Å². The number of aromatic nitrogens is 2. The summed E-state index contributed by atoms with van der Waals surface area (Å²) in [6, 6.07) is 6.26. The number of aliphatic hydroxyl groups excluding tert-OH is 1. The second kappa shape index (κ2) is 4.45.